The third-order valence-corrected chi connectivity index (χ3v) is 5.00. The van der Waals surface area contributed by atoms with E-state index in [1.165, 1.54) is 12.0 Å². The van der Waals surface area contributed by atoms with Crippen LogP contribution in [0.4, 0.5) is 0 Å². The van der Waals surface area contributed by atoms with Gasteiger partial charge in [-0.25, -0.2) is 0 Å². The van der Waals surface area contributed by atoms with Crippen LogP contribution in [0.25, 0.3) is 0 Å². The van der Waals surface area contributed by atoms with Crippen LogP contribution < -0.4 is 0 Å². The molecule has 2 aliphatic heterocycles. The lowest BCUT2D eigenvalue weighted by molar-refractivity contribution is -0.149. The first kappa shape index (κ1) is 16.5. The van der Waals surface area contributed by atoms with Crippen LogP contribution in [0.3, 0.4) is 0 Å². The first-order valence-electron chi connectivity index (χ1n) is 8.89. The van der Waals surface area contributed by atoms with Gasteiger partial charge < -0.3 is 9.64 Å². The van der Waals surface area contributed by atoms with Gasteiger partial charge in [0.2, 0.25) is 0 Å². The van der Waals surface area contributed by atoms with E-state index in [9.17, 15) is 4.79 Å². The van der Waals surface area contributed by atoms with Crippen molar-refractivity contribution in [3.05, 3.63) is 35.9 Å². The quantitative estimate of drug-likeness (QED) is 0.859. The summed E-state index contributed by atoms with van der Waals surface area (Å²) in [4.78, 5) is 17.1. The molecule has 0 aliphatic carbocycles. The van der Waals surface area contributed by atoms with Gasteiger partial charge in [0.25, 0.3) is 5.91 Å². The highest BCUT2D eigenvalue weighted by atomic mass is 16.5. The predicted octanol–water partition coefficient (Wildman–Crippen LogP) is 2.54. The van der Waals surface area contributed by atoms with Gasteiger partial charge in [-0.2, -0.15) is 0 Å². The maximum Gasteiger partial charge on any atom is 0.253 e. The first-order chi connectivity index (χ1) is 11.2. The summed E-state index contributed by atoms with van der Waals surface area (Å²) in [7, 11) is 0. The van der Waals surface area contributed by atoms with E-state index in [-0.39, 0.29) is 12.0 Å². The zero-order valence-corrected chi connectivity index (χ0v) is 14.1. The molecule has 2 aliphatic rings. The number of nitrogens with zero attached hydrogens (tertiary/aromatic N) is 2. The summed E-state index contributed by atoms with van der Waals surface area (Å²) < 4.78 is 5.80. The molecule has 0 radical (unpaired) electrons. The largest absolute Gasteiger partial charge is 0.366 e. The zero-order valence-electron chi connectivity index (χ0n) is 14.1. The minimum absolute atomic E-state index is 0.192. The number of likely N-dealkylation sites (tertiary alicyclic amines) is 1. The molecule has 0 aromatic heterocycles. The van der Waals surface area contributed by atoms with Crippen molar-refractivity contribution in [3.63, 3.8) is 0 Å². The zero-order chi connectivity index (χ0) is 16.1. The van der Waals surface area contributed by atoms with Crippen LogP contribution >= 0.6 is 0 Å². The second-order valence-electron chi connectivity index (χ2n) is 6.94. The fourth-order valence-electron chi connectivity index (χ4n) is 3.52. The van der Waals surface area contributed by atoms with E-state index >= 15 is 0 Å². The summed E-state index contributed by atoms with van der Waals surface area (Å²) in [5.74, 6) is 0.923. The van der Waals surface area contributed by atoms with Crippen molar-refractivity contribution in [2.24, 2.45) is 5.92 Å². The van der Waals surface area contributed by atoms with Crippen molar-refractivity contribution in [2.45, 2.75) is 38.8 Å². The number of hydrogen-bond donors (Lipinski definition) is 0. The molecule has 2 atom stereocenters. The van der Waals surface area contributed by atoms with E-state index in [1.807, 2.05) is 11.0 Å². The fourth-order valence-corrected chi connectivity index (χ4v) is 3.52. The van der Waals surface area contributed by atoms with Gasteiger partial charge in [-0.15, -0.1) is 0 Å². The summed E-state index contributed by atoms with van der Waals surface area (Å²) in [6, 6.07) is 10.5. The highest BCUT2D eigenvalue weighted by Gasteiger charge is 2.30. The maximum atomic E-state index is 12.8. The van der Waals surface area contributed by atoms with Gasteiger partial charge in [-0.05, 0) is 30.7 Å². The Morgan fingerprint density at radius 1 is 1.17 bits per heavy atom. The molecule has 4 nitrogen and oxygen atoms in total. The molecule has 2 saturated heterocycles. The monoisotopic (exact) mass is 316 g/mol. The summed E-state index contributed by atoms with van der Waals surface area (Å²) >= 11 is 0. The topological polar surface area (TPSA) is 32.8 Å². The van der Waals surface area contributed by atoms with Crippen molar-refractivity contribution >= 4 is 5.91 Å². The predicted molar refractivity (Wildman–Crippen MR) is 91.1 cm³/mol. The third-order valence-electron chi connectivity index (χ3n) is 5.00. The molecule has 0 saturated carbocycles. The number of carbonyl (C=O) groups is 1. The van der Waals surface area contributed by atoms with Crippen LogP contribution in [0.2, 0.25) is 0 Å². The molecule has 23 heavy (non-hydrogen) atoms. The average molecular weight is 316 g/mol. The molecule has 1 amide bonds. The summed E-state index contributed by atoms with van der Waals surface area (Å²) in [5.41, 5.74) is 1.30. The van der Waals surface area contributed by atoms with Crippen LogP contribution in [0, 0.1) is 5.92 Å². The molecule has 4 heteroatoms. The maximum absolute atomic E-state index is 12.8. The SMILES string of the molecule is C[C@@H]1CCCN(C(=O)[C@@H]2CN(Cc3ccccc3)CCO2)CC1. The number of hydrogen-bond acceptors (Lipinski definition) is 3. The molecule has 2 heterocycles. The van der Waals surface area contributed by atoms with Gasteiger partial charge in [-0.1, -0.05) is 37.3 Å². The molecule has 0 bridgehead atoms. The minimum atomic E-state index is -0.291. The average Bonchev–Trinajstić information content (AvgIpc) is 2.80. The van der Waals surface area contributed by atoms with Gasteiger partial charge in [-0.3, -0.25) is 9.69 Å². The molecule has 1 aromatic rings. The molecule has 3 rings (SSSR count). The van der Waals surface area contributed by atoms with E-state index in [0.717, 1.165) is 44.9 Å². The summed E-state index contributed by atoms with van der Waals surface area (Å²) in [5, 5.41) is 0. The van der Waals surface area contributed by atoms with Crippen molar-refractivity contribution in [2.75, 3.05) is 32.8 Å². The van der Waals surface area contributed by atoms with Crippen LogP contribution in [0.15, 0.2) is 30.3 Å². The van der Waals surface area contributed by atoms with E-state index in [1.54, 1.807) is 0 Å². The Morgan fingerprint density at radius 3 is 2.83 bits per heavy atom. The molecule has 0 spiro atoms. The molecule has 2 fully saturated rings. The first-order valence-corrected chi connectivity index (χ1v) is 8.89. The Balaban J connectivity index is 1.56. The standard InChI is InChI=1S/C19H28N2O2/c1-16-6-5-10-21(11-9-16)19(22)18-15-20(12-13-23-18)14-17-7-3-2-4-8-17/h2-4,7-8,16,18H,5-6,9-15H2,1H3/t16-,18+/m1/s1. The van der Waals surface area contributed by atoms with E-state index in [4.69, 9.17) is 4.74 Å². The van der Waals surface area contributed by atoms with Crippen molar-refractivity contribution in [1.29, 1.82) is 0 Å². The summed E-state index contributed by atoms with van der Waals surface area (Å²) in [6.45, 7) is 7.21. The molecular weight excluding hydrogens is 288 g/mol. The van der Waals surface area contributed by atoms with Crippen LogP contribution in [0.1, 0.15) is 31.7 Å². The Bertz CT molecular complexity index is 505. The second kappa shape index (κ2) is 7.93. The van der Waals surface area contributed by atoms with Crippen LogP contribution in [-0.4, -0.2) is 54.6 Å². The van der Waals surface area contributed by atoms with E-state index in [0.29, 0.717) is 13.2 Å². The van der Waals surface area contributed by atoms with Gasteiger partial charge >= 0.3 is 0 Å². The van der Waals surface area contributed by atoms with Crippen LogP contribution in [-0.2, 0) is 16.1 Å². The van der Waals surface area contributed by atoms with Gasteiger partial charge in [0.1, 0.15) is 6.10 Å². The summed E-state index contributed by atoms with van der Waals surface area (Å²) in [6.07, 6.45) is 3.18. The van der Waals surface area contributed by atoms with Crippen molar-refractivity contribution in [3.8, 4) is 0 Å². The van der Waals surface area contributed by atoms with E-state index < -0.39 is 0 Å². The number of morpholine rings is 1. The minimum Gasteiger partial charge on any atom is -0.366 e. The molecular formula is C19H28N2O2. The van der Waals surface area contributed by atoms with Gasteiger partial charge in [0, 0.05) is 32.7 Å². The van der Waals surface area contributed by atoms with Crippen molar-refractivity contribution < 1.29 is 9.53 Å². The smallest absolute Gasteiger partial charge is 0.253 e. The van der Waals surface area contributed by atoms with Crippen LogP contribution in [0.5, 0.6) is 0 Å². The highest BCUT2D eigenvalue weighted by molar-refractivity contribution is 5.81. The second-order valence-corrected chi connectivity index (χ2v) is 6.94. The number of ether oxygens (including phenoxy) is 1. The van der Waals surface area contributed by atoms with Gasteiger partial charge in [0.15, 0.2) is 0 Å². The fraction of sp³-hybridized carbons (Fsp3) is 0.632. The lowest BCUT2D eigenvalue weighted by Crippen LogP contribution is -2.51. The van der Waals surface area contributed by atoms with Crippen molar-refractivity contribution in [1.82, 2.24) is 9.80 Å². The number of benzene rings is 1. The Labute approximate surface area is 139 Å². The highest BCUT2D eigenvalue weighted by Crippen LogP contribution is 2.19. The normalized spacial score (nSPS) is 26.7. The molecule has 126 valence electrons. The van der Waals surface area contributed by atoms with Gasteiger partial charge in [0.05, 0.1) is 6.61 Å². The molecule has 0 unspecified atom stereocenters. The lowest BCUT2D eigenvalue weighted by Gasteiger charge is -2.34. The Hall–Kier alpha value is -1.39. The number of amides is 1. The van der Waals surface area contributed by atoms with E-state index in [2.05, 4.69) is 36.1 Å². The molecule has 1 aromatic carbocycles. The lowest BCUT2D eigenvalue weighted by atomic mass is 10.0. The number of carbonyl (C=O) groups excluding carboxylic acids is 1. The Morgan fingerprint density at radius 2 is 2.00 bits per heavy atom. The third kappa shape index (κ3) is 4.55. The molecule has 0 N–H and O–H groups in total. The Kier molecular flexibility index (Phi) is 5.68. The number of rotatable bonds is 3.